The van der Waals surface area contributed by atoms with Gasteiger partial charge < -0.3 is 24.1 Å². The summed E-state index contributed by atoms with van der Waals surface area (Å²) in [5.41, 5.74) is 0.285. The Hall–Kier alpha value is -1.08. The first-order chi connectivity index (χ1) is 11.3. The molecule has 1 fully saturated rings. The maximum Gasteiger partial charge on any atom is 0.480 e. The number of benzene rings is 1. The van der Waals surface area contributed by atoms with Gasteiger partial charge in [-0.15, -0.1) is 0 Å². The van der Waals surface area contributed by atoms with Crippen LogP contribution in [0, 0.1) is 0 Å². The van der Waals surface area contributed by atoms with E-state index in [0.29, 0.717) is 19.8 Å². The standard InChI is InChI=1S/C18H30BNO4/c1-7-22-15-11-9-8-10-14(15)16(20-12-13-21-6)19-23-17(2,3)18(4,5)24-19/h8-11,16,20H,7,12-13H2,1-6H3. The molecule has 1 aliphatic rings. The van der Waals surface area contributed by atoms with Gasteiger partial charge in [0.15, 0.2) is 0 Å². The summed E-state index contributed by atoms with van der Waals surface area (Å²) in [6, 6.07) is 8.02. The second-order valence-electron chi connectivity index (χ2n) is 7.02. The highest BCUT2D eigenvalue weighted by Gasteiger charge is 2.54. The Balaban J connectivity index is 2.29. The van der Waals surface area contributed by atoms with E-state index in [9.17, 15) is 0 Å². The van der Waals surface area contributed by atoms with Gasteiger partial charge in [-0.05, 0) is 40.7 Å². The molecular weight excluding hydrogens is 305 g/mol. The molecule has 1 unspecified atom stereocenters. The van der Waals surface area contributed by atoms with Gasteiger partial charge in [0.25, 0.3) is 0 Å². The van der Waals surface area contributed by atoms with E-state index in [1.54, 1.807) is 7.11 Å². The zero-order valence-electron chi connectivity index (χ0n) is 15.7. The molecule has 24 heavy (non-hydrogen) atoms. The minimum atomic E-state index is -0.395. The summed E-state index contributed by atoms with van der Waals surface area (Å²) >= 11 is 0. The molecule has 1 aliphatic heterocycles. The number of para-hydroxylation sites is 1. The number of hydrogen-bond donors (Lipinski definition) is 1. The second kappa shape index (κ2) is 7.87. The molecule has 2 rings (SSSR count). The van der Waals surface area contributed by atoms with Crippen LogP contribution in [0.3, 0.4) is 0 Å². The van der Waals surface area contributed by atoms with Crippen LogP contribution in [-0.2, 0) is 14.0 Å². The minimum absolute atomic E-state index is 0.135. The zero-order valence-corrected chi connectivity index (χ0v) is 15.7. The molecule has 0 aromatic heterocycles. The fraction of sp³-hybridized carbons (Fsp3) is 0.667. The Morgan fingerprint density at radius 3 is 2.33 bits per heavy atom. The lowest BCUT2D eigenvalue weighted by atomic mass is 9.73. The van der Waals surface area contributed by atoms with E-state index in [2.05, 4.69) is 39.1 Å². The van der Waals surface area contributed by atoms with Crippen LogP contribution in [0.2, 0.25) is 0 Å². The number of hydrogen-bond acceptors (Lipinski definition) is 5. The number of rotatable bonds is 8. The molecule has 0 spiro atoms. The maximum absolute atomic E-state index is 6.26. The predicted molar refractivity (Wildman–Crippen MR) is 96.3 cm³/mol. The highest BCUT2D eigenvalue weighted by molar-refractivity contribution is 6.47. The first-order valence-corrected chi connectivity index (χ1v) is 8.62. The molecule has 6 heteroatoms. The van der Waals surface area contributed by atoms with Gasteiger partial charge in [-0.3, -0.25) is 0 Å². The van der Waals surface area contributed by atoms with Gasteiger partial charge in [0.2, 0.25) is 0 Å². The summed E-state index contributed by atoms with van der Waals surface area (Å²) in [5, 5.41) is 3.50. The molecule has 1 N–H and O–H groups in total. The molecule has 1 saturated heterocycles. The highest BCUT2D eigenvalue weighted by Crippen LogP contribution is 2.41. The maximum atomic E-state index is 6.26. The third-order valence-electron chi connectivity index (χ3n) is 4.77. The molecule has 0 bridgehead atoms. The Bertz CT molecular complexity index is 520. The van der Waals surface area contributed by atoms with Crippen LogP contribution in [0.4, 0.5) is 0 Å². The lowest BCUT2D eigenvalue weighted by molar-refractivity contribution is 0.00578. The van der Waals surface area contributed by atoms with Crippen LogP contribution in [0.25, 0.3) is 0 Å². The Labute approximate surface area is 146 Å². The summed E-state index contributed by atoms with van der Waals surface area (Å²) in [4.78, 5) is 0. The fourth-order valence-corrected chi connectivity index (χ4v) is 2.72. The molecule has 0 saturated carbocycles. The zero-order chi connectivity index (χ0) is 17.8. The van der Waals surface area contributed by atoms with Crippen molar-refractivity contribution < 1.29 is 18.8 Å². The first-order valence-electron chi connectivity index (χ1n) is 8.62. The SMILES string of the molecule is CCOc1ccccc1C(NCCOC)B1OC(C)(C)C(C)(C)O1. The quantitative estimate of drug-likeness (QED) is 0.585. The summed E-state index contributed by atoms with van der Waals surface area (Å²) in [6.45, 7) is 12.2. The van der Waals surface area contributed by atoms with E-state index in [0.717, 1.165) is 11.3 Å². The van der Waals surface area contributed by atoms with Gasteiger partial charge in [0.1, 0.15) is 5.75 Å². The van der Waals surface area contributed by atoms with Crippen molar-refractivity contribution in [1.82, 2.24) is 5.32 Å². The largest absolute Gasteiger partial charge is 0.494 e. The van der Waals surface area contributed by atoms with Gasteiger partial charge in [0.05, 0.1) is 30.4 Å². The Morgan fingerprint density at radius 2 is 1.75 bits per heavy atom. The van der Waals surface area contributed by atoms with Crippen molar-refractivity contribution in [2.24, 2.45) is 0 Å². The van der Waals surface area contributed by atoms with E-state index >= 15 is 0 Å². The summed E-state index contributed by atoms with van der Waals surface area (Å²) < 4.78 is 23.5. The van der Waals surface area contributed by atoms with Crippen molar-refractivity contribution in [1.29, 1.82) is 0 Å². The van der Waals surface area contributed by atoms with Gasteiger partial charge in [-0.25, -0.2) is 0 Å². The third-order valence-corrected chi connectivity index (χ3v) is 4.77. The molecule has 0 aliphatic carbocycles. The molecule has 0 amide bonds. The molecular formula is C18H30BNO4. The predicted octanol–water partition coefficient (Wildman–Crippen LogP) is 2.99. The van der Waals surface area contributed by atoms with E-state index in [1.807, 2.05) is 25.1 Å². The normalized spacial score (nSPS) is 20.2. The smallest absolute Gasteiger partial charge is 0.480 e. The first kappa shape index (κ1) is 19.3. The Morgan fingerprint density at radius 1 is 1.12 bits per heavy atom. The average molecular weight is 335 g/mol. The minimum Gasteiger partial charge on any atom is -0.494 e. The summed E-state index contributed by atoms with van der Waals surface area (Å²) in [5.74, 6) is 0.716. The third kappa shape index (κ3) is 4.12. The van der Waals surface area contributed by atoms with E-state index in [1.165, 1.54) is 0 Å². The molecule has 1 aromatic carbocycles. The van der Waals surface area contributed by atoms with Crippen LogP contribution in [0.1, 0.15) is 46.1 Å². The van der Waals surface area contributed by atoms with Gasteiger partial charge in [-0.2, -0.15) is 0 Å². The van der Waals surface area contributed by atoms with E-state index in [4.69, 9.17) is 18.8 Å². The molecule has 1 aromatic rings. The Kier molecular flexibility index (Phi) is 6.31. The second-order valence-corrected chi connectivity index (χ2v) is 7.02. The van der Waals surface area contributed by atoms with Crippen molar-refractivity contribution in [2.45, 2.75) is 51.8 Å². The van der Waals surface area contributed by atoms with Crippen molar-refractivity contribution >= 4 is 7.12 Å². The fourth-order valence-electron chi connectivity index (χ4n) is 2.72. The molecule has 0 radical (unpaired) electrons. The number of ether oxygens (including phenoxy) is 2. The van der Waals surface area contributed by atoms with Crippen LogP contribution in [0.15, 0.2) is 24.3 Å². The van der Waals surface area contributed by atoms with Crippen LogP contribution >= 0.6 is 0 Å². The van der Waals surface area contributed by atoms with Gasteiger partial charge >= 0.3 is 7.12 Å². The number of methoxy groups -OCH3 is 1. The number of nitrogens with one attached hydrogen (secondary N) is 1. The van der Waals surface area contributed by atoms with Crippen LogP contribution < -0.4 is 10.1 Å². The van der Waals surface area contributed by atoms with Crippen molar-refractivity contribution in [2.75, 3.05) is 26.9 Å². The van der Waals surface area contributed by atoms with Crippen LogP contribution in [0.5, 0.6) is 5.75 Å². The van der Waals surface area contributed by atoms with Crippen molar-refractivity contribution in [3.8, 4) is 5.75 Å². The lowest BCUT2D eigenvalue weighted by Gasteiger charge is -2.32. The average Bonchev–Trinajstić information content (AvgIpc) is 2.73. The summed E-state index contributed by atoms with van der Waals surface area (Å²) in [7, 11) is 1.30. The molecule has 5 nitrogen and oxygen atoms in total. The topological polar surface area (TPSA) is 49.0 Å². The van der Waals surface area contributed by atoms with Crippen molar-refractivity contribution in [3.05, 3.63) is 29.8 Å². The molecule has 1 atom stereocenters. The van der Waals surface area contributed by atoms with E-state index in [-0.39, 0.29) is 17.1 Å². The van der Waals surface area contributed by atoms with Gasteiger partial charge in [-0.1, -0.05) is 18.2 Å². The van der Waals surface area contributed by atoms with Crippen LogP contribution in [-0.4, -0.2) is 45.2 Å². The van der Waals surface area contributed by atoms with Crippen molar-refractivity contribution in [3.63, 3.8) is 0 Å². The molecule has 134 valence electrons. The summed E-state index contributed by atoms with van der Waals surface area (Å²) in [6.07, 6.45) is 0. The van der Waals surface area contributed by atoms with Gasteiger partial charge in [0, 0.05) is 19.2 Å². The van der Waals surface area contributed by atoms with E-state index < -0.39 is 7.12 Å². The lowest BCUT2D eigenvalue weighted by Crippen LogP contribution is -2.41. The highest BCUT2D eigenvalue weighted by atomic mass is 16.7. The molecule has 1 heterocycles. The monoisotopic (exact) mass is 335 g/mol.